The Labute approximate surface area is 242 Å². The van der Waals surface area contributed by atoms with Crippen LogP contribution in [0.15, 0.2) is 59.2 Å². The summed E-state index contributed by atoms with van der Waals surface area (Å²) in [6.07, 6.45) is -1.33. The molecule has 1 atom stereocenters. The van der Waals surface area contributed by atoms with Gasteiger partial charge < -0.3 is 10.5 Å². The summed E-state index contributed by atoms with van der Waals surface area (Å²) in [7, 11) is 0. The zero-order valence-electron chi connectivity index (χ0n) is 21.2. The highest BCUT2D eigenvalue weighted by atomic mass is 79.9. The predicted octanol–water partition coefficient (Wildman–Crippen LogP) is 5.89. The van der Waals surface area contributed by atoms with E-state index in [0.717, 1.165) is 18.4 Å². The molecule has 8 nitrogen and oxygen atoms in total. The van der Waals surface area contributed by atoms with Gasteiger partial charge in [0.25, 0.3) is 17.2 Å². The van der Waals surface area contributed by atoms with Gasteiger partial charge in [0, 0.05) is 13.0 Å². The monoisotopic (exact) mass is 654 g/mol. The van der Waals surface area contributed by atoms with Crippen molar-refractivity contribution in [2.75, 3.05) is 10.8 Å². The van der Waals surface area contributed by atoms with Crippen molar-refractivity contribution >= 4 is 44.3 Å². The second kappa shape index (κ2) is 11.4. The molecule has 1 amide bonds. The summed E-state index contributed by atoms with van der Waals surface area (Å²) in [5, 5.41) is 4.54. The molecule has 2 aromatic carbocycles. The summed E-state index contributed by atoms with van der Waals surface area (Å²) in [6, 6.07) is 11.7. The highest BCUT2D eigenvalue weighted by Gasteiger charge is 2.33. The fraction of sp³-hybridized carbons (Fsp3) is 0.259. The van der Waals surface area contributed by atoms with Crippen LogP contribution in [0, 0.1) is 5.82 Å². The van der Waals surface area contributed by atoms with Crippen LogP contribution in [-0.2, 0) is 24.1 Å². The number of aromatic nitrogens is 2. The molecule has 1 saturated carbocycles. The van der Waals surface area contributed by atoms with Gasteiger partial charge in [-0.3, -0.25) is 13.7 Å². The first-order valence-electron chi connectivity index (χ1n) is 12.4. The molecule has 1 aliphatic rings. The predicted molar refractivity (Wildman–Crippen MR) is 148 cm³/mol. The lowest BCUT2D eigenvalue weighted by atomic mass is 10.0. The van der Waals surface area contributed by atoms with Crippen molar-refractivity contribution < 1.29 is 35.9 Å². The van der Waals surface area contributed by atoms with Crippen LogP contribution in [0.1, 0.15) is 51.5 Å². The zero-order valence-corrected chi connectivity index (χ0v) is 23.6. The van der Waals surface area contributed by atoms with E-state index in [4.69, 9.17) is 5.73 Å². The van der Waals surface area contributed by atoms with Gasteiger partial charge in [-0.25, -0.2) is 13.1 Å². The maximum Gasteiger partial charge on any atom is 0.573 e. The lowest BCUT2D eigenvalue weighted by molar-refractivity contribution is -0.274. The number of benzene rings is 2. The van der Waals surface area contributed by atoms with Crippen LogP contribution in [0.3, 0.4) is 0 Å². The Bertz CT molecular complexity index is 1640. The zero-order chi connectivity index (χ0) is 29.5. The number of nitrogens with two attached hydrogens (primary N) is 1. The molecule has 0 saturated heterocycles. The lowest BCUT2D eigenvalue weighted by Crippen LogP contribution is -2.29. The number of rotatable bonds is 10. The van der Waals surface area contributed by atoms with Gasteiger partial charge in [0.15, 0.2) is 0 Å². The number of pyridine rings is 1. The molecule has 41 heavy (non-hydrogen) atoms. The van der Waals surface area contributed by atoms with Crippen LogP contribution in [0.5, 0.6) is 5.75 Å². The van der Waals surface area contributed by atoms with Gasteiger partial charge in [0.05, 0.1) is 33.1 Å². The van der Waals surface area contributed by atoms with E-state index >= 15 is 0 Å². The van der Waals surface area contributed by atoms with Crippen LogP contribution in [0.4, 0.5) is 23.2 Å². The van der Waals surface area contributed by atoms with Crippen LogP contribution in [0.2, 0.25) is 0 Å². The Balaban J connectivity index is 1.50. The van der Waals surface area contributed by atoms with E-state index in [1.165, 1.54) is 33.1 Å². The minimum absolute atomic E-state index is 0.0200. The van der Waals surface area contributed by atoms with Crippen molar-refractivity contribution in [3.63, 3.8) is 0 Å². The van der Waals surface area contributed by atoms with Gasteiger partial charge in [-0.1, -0.05) is 18.2 Å². The van der Waals surface area contributed by atoms with Crippen molar-refractivity contribution in [1.82, 2.24) is 9.61 Å². The molecule has 1 unspecified atom stereocenters. The summed E-state index contributed by atoms with van der Waals surface area (Å²) in [5.74, 6) is -1.43. The van der Waals surface area contributed by atoms with Crippen molar-refractivity contribution in [3.8, 4) is 5.75 Å². The molecule has 1 fully saturated rings. The Morgan fingerprint density at radius 3 is 2.46 bits per heavy atom. The molecule has 5 rings (SSSR count). The standard InChI is InChI=1S/C27H23BrF4N4O4S/c28-20-8-3-16(12-24(20)40-27(30,31)32)9-10-36(41(38)39)23-14-35-22(13-19(23)17-4-5-17)25(26(33)37)21(34-35)11-15-1-6-18(29)7-2-15/h1-3,6-8,12-14,17H,4-5,9-11H2,(H2,33,37)(H,38,39). The first-order chi connectivity index (χ1) is 19.4. The Morgan fingerprint density at radius 1 is 1.17 bits per heavy atom. The fourth-order valence-electron chi connectivity index (χ4n) is 4.68. The van der Waals surface area contributed by atoms with Gasteiger partial charge in [-0.05, 0) is 88.1 Å². The molecule has 4 aromatic rings. The number of carbonyl (C=O) groups is 1. The number of hydrogen-bond donors (Lipinski definition) is 2. The highest BCUT2D eigenvalue weighted by Crippen LogP contribution is 2.45. The average Bonchev–Trinajstić information content (AvgIpc) is 3.67. The Kier molecular flexibility index (Phi) is 8.08. The number of primary amides is 1. The summed E-state index contributed by atoms with van der Waals surface area (Å²) in [4.78, 5) is 12.5. The van der Waals surface area contributed by atoms with E-state index in [-0.39, 0.29) is 35.3 Å². The van der Waals surface area contributed by atoms with Crippen molar-refractivity contribution in [2.45, 2.75) is 38.0 Å². The van der Waals surface area contributed by atoms with Gasteiger partial charge in [-0.15, -0.1) is 13.2 Å². The van der Waals surface area contributed by atoms with E-state index in [0.29, 0.717) is 28.0 Å². The topological polar surface area (TPSA) is 110 Å². The molecule has 216 valence electrons. The average molecular weight is 655 g/mol. The van der Waals surface area contributed by atoms with Crippen LogP contribution >= 0.6 is 15.9 Å². The van der Waals surface area contributed by atoms with Crippen molar-refractivity contribution in [2.24, 2.45) is 5.73 Å². The molecule has 2 heterocycles. The molecule has 14 heteroatoms. The number of fused-ring (bicyclic) bond motifs is 1. The Morgan fingerprint density at radius 2 is 1.85 bits per heavy atom. The van der Waals surface area contributed by atoms with Gasteiger partial charge in [0.2, 0.25) is 0 Å². The van der Waals surface area contributed by atoms with Crippen LogP contribution in [0.25, 0.3) is 5.52 Å². The molecule has 0 bridgehead atoms. The smallest absolute Gasteiger partial charge is 0.405 e. The Hall–Kier alpha value is -3.49. The molecule has 2 aromatic heterocycles. The van der Waals surface area contributed by atoms with E-state index < -0.39 is 35.1 Å². The summed E-state index contributed by atoms with van der Waals surface area (Å²) >= 11 is 0.545. The highest BCUT2D eigenvalue weighted by molar-refractivity contribution is 9.10. The first-order valence-corrected chi connectivity index (χ1v) is 14.3. The van der Waals surface area contributed by atoms with Gasteiger partial charge in [0.1, 0.15) is 11.6 Å². The molecule has 1 aliphatic carbocycles. The number of anilines is 1. The number of hydrogen-bond acceptors (Lipinski definition) is 4. The van der Waals surface area contributed by atoms with Gasteiger partial charge in [-0.2, -0.15) is 5.10 Å². The quantitative estimate of drug-likeness (QED) is 0.164. The van der Waals surface area contributed by atoms with Crippen LogP contribution < -0.4 is 14.8 Å². The molecular weight excluding hydrogens is 632 g/mol. The maximum absolute atomic E-state index is 13.4. The second-order valence-corrected chi connectivity index (χ2v) is 11.4. The van der Waals surface area contributed by atoms with Crippen molar-refractivity contribution in [1.29, 1.82) is 0 Å². The lowest BCUT2D eigenvalue weighted by Gasteiger charge is -2.23. The van der Waals surface area contributed by atoms with Crippen molar-refractivity contribution in [3.05, 3.63) is 93.0 Å². The molecule has 0 spiro atoms. The number of ether oxygens (including phenoxy) is 1. The number of amides is 1. The minimum Gasteiger partial charge on any atom is -0.405 e. The summed E-state index contributed by atoms with van der Waals surface area (Å²) in [6.45, 7) is -0.0200. The first kappa shape index (κ1) is 29.0. The van der Waals surface area contributed by atoms with E-state index in [1.807, 2.05) is 0 Å². The van der Waals surface area contributed by atoms with E-state index in [9.17, 15) is 31.1 Å². The molecule has 0 aliphatic heterocycles. The summed E-state index contributed by atoms with van der Waals surface area (Å²) < 4.78 is 81.4. The van der Waals surface area contributed by atoms with Crippen LogP contribution in [-0.4, -0.2) is 37.2 Å². The third kappa shape index (κ3) is 6.71. The SMILES string of the molecule is NC(=O)c1c(Cc2ccc(F)cc2)nn2cc(N(CCc3ccc(Br)c(OC(F)(F)F)c3)S(=O)O)c(C3CC3)cc12. The largest absolute Gasteiger partial charge is 0.573 e. The molecule has 0 radical (unpaired) electrons. The fourth-order valence-corrected chi connectivity index (χ4v) is 5.58. The number of carbonyl (C=O) groups excluding carboxylic acids is 1. The van der Waals surface area contributed by atoms with E-state index in [2.05, 4.69) is 25.8 Å². The van der Waals surface area contributed by atoms with E-state index in [1.54, 1.807) is 30.5 Å². The molecule has 3 N–H and O–H groups in total. The third-order valence-corrected chi connectivity index (χ3v) is 8.09. The molecular formula is C27H23BrF4N4O4S. The second-order valence-electron chi connectivity index (χ2n) is 9.60. The number of alkyl halides is 3. The third-order valence-electron chi connectivity index (χ3n) is 6.68. The normalized spacial score (nSPS) is 14.3. The maximum atomic E-state index is 13.4. The summed E-state index contributed by atoms with van der Waals surface area (Å²) in [5.41, 5.74) is 9.02. The van der Waals surface area contributed by atoms with Gasteiger partial charge >= 0.3 is 6.36 Å². The number of nitrogens with zero attached hydrogens (tertiary/aromatic N) is 3. The minimum atomic E-state index is -4.88. The number of halogens is 5.